The van der Waals surface area contributed by atoms with Crippen LogP contribution in [-0.4, -0.2) is 36.1 Å². The number of aromatic hydroxyl groups is 2. The second-order valence-electron chi connectivity index (χ2n) is 4.91. The van der Waals surface area contributed by atoms with Crippen molar-refractivity contribution in [2.75, 3.05) is 14.2 Å². The van der Waals surface area contributed by atoms with Crippen LogP contribution >= 0.6 is 0 Å². The average Bonchev–Trinajstić information content (AvgIpc) is 2.58. The standard InChI is InChI=1S/C17H18N2O5/c1-10(16-14(20)8-13(24-3)9-15(16)21)18-19-17(22)11-4-6-12(23-2)7-5-11/h4-9,20-21H,1-3H3,(H,19,22)/b18-10+. The summed E-state index contributed by atoms with van der Waals surface area (Å²) >= 11 is 0. The van der Waals surface area contributed by atoms with Crippen molar-refractivity contribution in [1.29, 1.82) is 0 Å². The van der Waals surface area contributed by atoms with Crippen molar-refractivity contribution in [3.63, 3.8) is 0 Å². The number of carbonyl (C=O) groups is 1. The van der Waals surface area contributed by atoms with Crippen molar-refractivity contribution >= 4 is 11.6 Å². The monoisotopic (exact) mass is 330 g/mol. The van der Waals surface area contributed by atoms with Crippen LogP contribution in [0.25, 0.3) is 0 Å². The third-order valence-corrected chi connectivity index (χ3v) is 3.35. The van der Waals surface area contributed by atoms with E-state index >= 15 is 0 Å². The Morgan fingerprint density at radius 2 is 1.54 bits per heavy atom. The van der Waals surface area contributed by atoms with E-state index in [4.69, 9.17) is 9.47 Å². The van der Waals surface area contributed by atoms with Gasteiger partial charge < -0.3 is 19.7 Å². The molecule has 0 fully saturated rings. The summed E-state index contributed by atoms with van der Waals surface area (Å²) in [4.78, 5) is 12.0. The smallest absolute Gasteiger partial charge is 0.271 e. The zero-order valence-corrected chi connectivity index (χ0v) is 13.5. The second-order valence-corrected chi connectivity index (χ2v) is 4.91. The predicted octanol–water partition coefficient (Wildman–Crippen LogP) is 2.27. The molecular weight excluding hydrogens is 312 g/mol. The van der Waals surface area contributed by atoms with E-state index in [2.05, 4.69) is 10.5 Å². The number of carbonyl (C=O) groups excluding carboxylic acids is 1. The quantitative estimate of drug-likeness (QED) is 0.577. The molecule has 0 spiro atoms. The maximum atomic E-state index is 12.0. The van der Waals surface area contributed by atoms with E-state index in [-0.39, 0.29) is 22.8 Å². The molecule has 0 radical (unpaired) electrons. The van der Waals surface area contributed by atoms with Crippen LogP contribution in [0, 0.1) is 0 Å². The molecule has 0 aliphatic carbocycles. The molecule has 7 heteroatoms. The summed E-state index contributed by atoms with van der Waals surface area (Å²) < 4.78 is 9.97. The lowest BCUT2D eigenvalue weighted by Crippen LogP contribution is -2.19. The first-order valence-electron chi connectivity index (χ1n) is 7.05. The summed E-state index contributed by atoms with van der Waals surface area (Å²) in [5.74, 6) is 0.117. The van der Waals surface area contributed by atoms with Crippen LogP contribution in [0.1, 0.15) is 22.8 Å². The molecule has 0 aromatic heterocycles. The molecule has 0 aliphatic rings. The summed E-state index contributed by atoms with van der Waals surface area (Å²) in [5.41, 5.74) is 3.13. The van der Waals surface area contributed by atoms with Gasteiger partial charge in [-0.25, -0.2) is 5.43 Å². The summed E-state index contributed by atoms with van der Waals surface area (Å²) in [6.07, 6.45) is 0. The highest BCUT2D eigenvalue weighted by Crippen LogP contribution is 2.32. The number of nitrogens with zero attached hydrogens (tertiary/aromatic N) is 1. The van der Waals surface area contributed by atoms with Gasteiger partial charge in [0.15, 0.2) is 0 Å². The number of hydrogen-bond donors (Lipinski definition) is 3. The van der Waals surface area contributed by atoms with Gasteiger partial charge in [-0.15, -0.1) is 0 Å². The van der Waals surface area contributed by atoms with Crippen LogP contribution < -0.4 is 14.9 Å². The van der Waals surface area contributed by atoms with E-state index in [0.29, 0.717) is 17.1 Å². The largest absolute Gasteiger partial charge is 0.507 e. The van der Waals surface area contributed by atoms with Crippen molar-refractivity contribution < 1.29 is 24.5 Å². The predicted molar refractivity (Wildman–Crippen MR) is 89.0 cm³/mol. The summed E-state index contributed by atoms with van der Waals surface area (Å²) in [6, 6.07) is 9.21. The normalized spacial score (nSPS) is 11.0. The van der Waals surface area contributed by atoms with Crippen LogP contribution in [0.5, 0.6) is 23.0 Å². The number of rotatable bonds is 5. The van der Waals surface area contributed by atoms with E-state index in [1.165, 1.54) is 26.4 Å². The Morgan fingerprint density at radius 3 is 2.04 bits per heavy atom. The number of ether oxygens (including phenoxy) is 2. The minimum Gasteiger partial charge on any atom is -0.507 e. The number of nitrogens with one attached hydrogen (secondary N) is 1. The number of phenols is 2. The van der Waals surface area contributed by atoms with Crippen LogP contribution in [0.2, 0.25) is 0 Å². The molecule has 0 bridgehead atoms. The maximum Gasteiger partial charge on any atom is 0.271 e. The molecule has 3 N–H and O–H groups in total. The Morgan fingerprint density at radius 1 is 1.00 bits per heavy atom. The zero-order valence-electron chi connectivity index (χ0n) is 13.5. The second kappa shape index (κ2) is 7.36. The third kappa shape index (κ3) is 3.75. The van der Waals surface area contributed by atoms with E-state index in [1.54, 1.807) is 31.2 Å². The molecule has 0 saturated heterocycles. The Bertz CT molecular complexity index is 746. The zero-order chi connectivity index (χ0) is 17.7. The summed E-state index contributed by atoms with van der Waals surface area (Å²) in [5, 5.41) is 23.8. The van der Waals surface area contributed by atoms with Gasteiger partial charge in [-0.05, 0) is 31.2 Å². The fraction of sp³-hybridized carbons (Fsp3) is 0.176. The molecule has 0 unspecified atom stereocenters. The Kier molecular flexibility index (Phi) is 5.26. The molecule has 2 rings (SSSR count). The first-order chi connectivity index (χ1) is 11.5. The van der Waals surface area contributed by atoms with Crippen LogP contribution in [-0.2, 0) is 0 Å². The molecular formula is C17H18N2O5. The van der Waals surface area contributed by atoms with Gasteiger partial charge in [0.25, 0.3) is 5.91 Å². The highest BCUT2D eigenvalue weighted by Gasteiger charge is 2.14. The molecule has 1 amide bonds. The van der Waals surface area contributed by atoms with Gasteiger partial charge in [0.05, 0.1) is 25.5 Å². The lowest BCUT2D eigenvalue weighted by atomic mass is 10.1. The molecule has 24 heavy (non-hydrogen) atoms. The molecule has 0 aliphatic heterocycles. The highest BCUT2D eigenvalue weighted by molar-refractivity contribution is 6.04. The fourth-order valence-electron chi connectivity index (χ4n) is 2.07. The number of hydrogen-bond acceptors (Lipinski definition) is 6. The molecule has 2 aromatic carbocycles. The van der Waals surface area contributed by atoms with E-state index in [0.717, 1.165) is 0 Å². The van der Waals surface area contributed by atoms with E-state index < -0.39 is 5.91 Å². The molecule has 7 nitrogen and oxygen atoms in total. The van der Waals surface area contributed by atoms with Gasteiger partial charge in [-0.1, -0.05) is 0 Å². The number of benzene rings is 2. The van der Waals surface area contributed by atoms with Crippen molar-refractivity contribution in [1.82, 2.24) is 5.43 Å². The third-order valence-electron chi connectivity index (χ3n) is 3.35. The van der Waals surface area contributed by atoms with Crippen molar-refractivity contribution in [3.05, 3.63) is 47.5 Å². The lowest BCUT2D eigenvalue weighted by molar-refractivity contribution is 0.0954. The fourth-order valence-corrected chi connectivity index (χ4v) is 2.07. The van der Waals surface area contributed by atoms with Crippen LogP contribution in [0.4, 0.5) is 0 Å². The number of methoxy groups -OCH3 is 2. The minimum atomic E-state index is -0.426. The minimum absolute atomic E-state index is 0.117. The lowest BCUT2D eigenvalue weighted by Gasteiger charge is -2.09. The topological polar surface area (TPSA) is 100 Å². The number of hydrazone groups is 1. The summed E-state index contributed by atoms with van der Waals surface area (Å²) in [7, 11) is 2.96. The molecule has 0 heterocycles. The van der Waals surface area contributed by atoms with Gasteiger partial charge in [0.2, 0.25) is 0 Å². The Hall–Kier alpha value is -3.22. The maximum absolute atomic E-state index is 12.0. The first-order valence-corrected chi connectivity index (χ1v) is 7.05. The SMILES string of the molecule is COc1ccc(C(=O)N/N=C(\C)c2c(O)cc(OC)cc2O)cc1. The van der Waals surface area contributed by atoms with E-state index in [9.17, 15) is 15.0 Å². The van der Waals surface area contributed by atoms with Crippen molar-refractivity contribution in [3.8, 4) is 23.0 Å². The number of amides is 1. The highest BCUT2D eigenvalue weighted by atomic mass is 16.5. The summed E-state index contributed by atoms with van der Waals surface area (Å²) in [6.45, 7) is 1.55. The molecule has 126 valence electrons. The first kappa shape index (κ1) is 17.1. The van der Waals surface area contributed by atoms with Crippen molar-refractivity contribution in [2.45, 2.75) is 6.92 Å². The van der Waals surface area contributed by atoms with Gasteiger partial charge in [0.1, 0.15) is 23.0 Å². The number of phenolic OH excluding ortho intramolecular Hbond substituents is 2. The van der Waals surface area contributed by atoms with E-state index in [1.807, 2.05) is 0 Å². The van der Waals surface area contributed by atoms with Gasteiger partial charge >= 0.3 is 0 Å². The Labute approximate surface area is 139 Å². The molecule has 0 atom stereocenters. The Balaban J connectivity index is 2.17. The van der Waals surface area contributed by atoms with Gasteiger partial charge in [-0.2, -0.15) is 5.10 Å². The van der Waals surface area contributed by atoms with Gasteiger partial charge in [-0.3, -0.25) is 4.79 Å². The molecule has 2 aromatic rings. The molecule has 0 saturated carbocycles. The van der Waals surface area contributed by atoms with Crippen molar-refractivity contribution in [2.24, 2.45) is 5.10 Å². The van der Waals surface area contributed by atoms with Gasteiger partial charge in [0, 0.05) is 17.7 Å². The van der Waals surface area contributed by atoms with Crippen LogP contribution in [0.15, 0.2) is 41.5 Å². The van der Waals surface area contributed by atoms with Crippen LogP contribution in [0.3, 0.4) is 0 Å². The average molecular weight is 330 g/mol.